The molecule has 2 N–H and O–H groups in total. The molecule has 4 nitrogen and oxygen atoms in total. The maximum Gasteiger partial charge on any atom is 0.416 e. The second-order valence-electron chi connectivity index (χ2n) is 5.98. The Morgan fingerprint density at radius 3 is 2.74 bits per heavy atom. The summed E-state index contributed by atoms with van der Waals surface area (Å²) in [5.74, 6) is 0.933. The Labute approximate surface area is 131 Å². The Kier molecular flexibility index (Phi) is 4.39. The monoisotopic (exact) mass is 325 g/mol. The number of rotatable bonds is 3. The van der Waals surface area contributed by atoms with E-state index in [1.165, 1.54) is 6.07 Å². The first-order valence-corrected chi connectivity index (χ1v) is 7.67. The first kappa shape index (κ1) is 16.0. The molecule has 124 valence electrons. The molecule has 7 heteroatoms. The molecule has 0 saturated heterocycles. The fourth-order valence-electron chi connectivity index (χ4n) is 3.00. The molecule has 2 atom stereocenters. The molecule has 1 saturated carbocycles. The van der Waals surface area contributed by atoms with Crippen molar-refractivity contribution in [3.8, 4) is 0 Å². The highest BCUT2D eigenvalue weighted by molar-refractivity contribution is 5.27. The minimum atomic E-state index is -4.35. The van der Waals surface area contributed by atoms with Crippen molar-refractivity contribution in [3.63, 3.8) is 0 Å². The largest absolute Gasteiger partial charge is 0.416 e. The molecular weight excluding hydrogens is 307 g/mol. The first-order chi connectivity index (χ1) is 10.9. The highest BCUT2D eigenvalue weighted by Crippen LogP contribution is 2.32. The van der Waals surface area contributed by atoms with E-state index in [0.717, 1.165) is 37.8 Å². The van der Waals surface area contributed by atoms with Crippen LogP contribution in [0.5, 0.6) is 0 Å². The van der Waals surface area contributed by atoms with Crippen LogP contribution in [0.4, 0.5) is 13.2 Å². The van der Waals surface area contributed by atoms with Gasteiger partial charge in [0, 0.05) is 12.5 Å². The first-order valence-electron chi connectivity index (χ1n) is 7.67. The van der Waals surface area contributed by atoms with E-state index in [1.54, 1.807) is 6.07 Å². The van der Waals surface area contributed by atoms with Crippen LogP contribution in [-0.2, 0) is 12.6 Å². The number of aromatic nitrogens is 2. The van der Waals surface area contributed by atoms with Crippen LogP contribution in [0.3, 0.4) is 0 Å². The molecule has 1 aromatic heterocycles. The lowest BCUT2D eigenvalue weighted by atomic mass is 9.85. The maximum absolute atomic E-state index is 12.7. The number of hydrogen-bond donors (Lipinski definition) is 1. The Morgan fingerprint density at radius 1 is 1.22 bits per heavy atom. The Balaban J connectivity index is 1.74. The predicted molar refractivity (Wildman–Crippen MR) is 77.7 cm³/mol. The van der Waals surface area contributed by atoms with Gasteiger partial charge in [-0.2, -0.15) is 18.2 Å². The Bertz CT molecular complexity index is 669. The van der Waals surface area contributed by atoms with Gasteiger partial charge < -0.3 is 10.3 Å². The maximum atomic E-state index is 12.7. The second kappa shape index (κ2) is 6.31. The zero-order valence-electron chi connectivity index (χ0n) is 12.5. The quantitative estimate of drug-likeness (QED) is 0.935. The lowest BCUT2D eigenvalue weighted by Gasteiger charge is -2.25. The Morgan fingerprint density at radius 2 is 2.00 bits per heavy atom. The summed E-state index contributed by atoms with van der Waals surface area (Å²) in [4.78, 5) is 4.33. The fraction of sp³-hybridized carbons (Fsp3) is 0.500. The zero-order valence-corrected chi connectivity index (χ0v) is 12.5. The molecule has 0 radical (unpaired) electrons. The van der Waals surface area contributed by atoms with Crippen LogP contribution >= 0.6 is 0 Å². The van der Waals surface area contributed by atoms with Crippen molar-refractivity contribution in [2.75, 3.05) is 0 Å². The molecule has 1 aromatic carbocycles. The molecule has 1 aliphatic carbocycles. The standard InChI is InChI=1S/C16H18F3N3O/c17-16(18,19)11-5-3-4-10(8-11)9-14-21-15(23-22-14)12-6-1-2-7-13(12)20/h3-5,8,12-13H,1-2,6-7,9,20H2/t12-,13+/m0/s1. The molecule has 1 fully saturated rings. The van der Waals surface area contributed by atoms with E-state index < -0.39 is 11.7 Å². The number of hydrogen-bond acceptors (Lipinski definition) is 4. The van der Waals surface area contributed by atoms with Crippen molar-refractivity contribution in [1.29, 1.82) is 0 Å². The minimum Gasteiger partial charge on any atom is -0.339 e. The average Bonchev–Trinajstić information content (AvgIpc) is 2.95. The van der Waals surface area contributed by atoms with Crippen LogP contribution < -0.4 is 5.73 Å². The number of alkyl halides is 3. The summed E-state index contributed by atoms with van der Waals surface area (Å²) in [6, 6.07) is 5.17. The molecule has 23 heavy (non-hydrogen) atoms. The second-order valence-corrected chi connectivity index (χ2v) is 5.98. The van der Waals surface area contributed by atoms with Gasteiger partial charge in [-0.3, -0.25) is 0 Å². The number of benzene rings is 1. The predicted octanol–water partition coefficient (Wildman–Crippen LogP) is 3.66. The van der Waals surface area contributed by atoms with E-state index in [2.05, 4.69) is 10.1 Å². The van der Waals surface area contributed by atoms with Crippen molar-refractivity contribution in [3.05, 3.63) is 47.1 Å². The van der Waals surface area contributed by atoms with Crippen molar-refractivity contribution in [1.82, 2.24) is 10.1 Å². The normalized spacial score (nSPS) is 22.3. The lowest BCUT2D eigenvalue weighted by Crippen LogP contribution is -2.31. The van der Waals surface area contributed by atoms with E-state index in [0.29, 0.717) is 17.3 Å². The van der Waals surface area contributed by atoms with Crippen molar-refractivity contribution >= 4 is 0 Å². The SMILES string of the molecule is N[C@@H]1CCCC[C@@H]1c1nc(Cc2cccc(C(F)(F)F)c2)no1. The van der Waals surface area contributed by atoms with E-state index in [-0.39, 0.29) is 18.4 Å². The third kappa shape index (κ3) is 3.72. The molecule has 0 aliphatic heterocycles. The van der Waals surface area contributed by atoms with Crippen LogP contribution in [-0.4, -0.2) is 16.2 Å². The van der Waals surface area contributed by atoms with Crippen molar-refractivity contribution in [2.45, 2.75) is 50.2 Å². The van der Waals surface area contributed by atoms with Crippen LogP contribution in [0.25, 0.3) is 0 Å². The van der Waals surface area contributed by atoms with Gasteiger partial charge in [0.15, 0.2) is 5.82 Å². The molecule has 0 unspecified atom stereocenters. The molecule has 3 rings (SSSR count). The lowest BCUT2D eigenvalue weighted by molar-refractivity contribution is -0.137. The van der Waals surface area contributed by atoms with Gasteiger partial charge in [-0.1, -0.05) is 36.2 Å². The molecule has 0 bridgehead atoms. The van der Waals surface area contributed by atoms with Gasteiger partial charge >= 0.3 is 6.18 Å². The van der Waals surface area contributed by atoms with Gasteiger partial charge in [0.25, 0.3) is 0 Å². The highest BCUT2D eigenvalue weighted by atomic mass is 19.4. The zero-order chi connectivity index (χ0) is 16.4. The summed E-state index contributed by atoms with van der Waals surface area (Å²) in [5, 5.41) is 3.89. The molecule has 1 aliphatic rings. The van der Waals surface area contributed by atoms with E-state index >= 15 is 0 Å². The van der Waals surface area contributed by atoms with Gasteiger partial charge in [-0.05, 0) is 24.5 Å². The van der Waals surface area contributed by atoms with Gasteiger partial charge in [0.1, 0.15) is 0 Å². The molecule has 0 amide bonds. The van der Waals surface area contributed by atoms with Gasteiger partial charge in [0.05, 0.1) is 11.5 Å². The van der Waals surface area contributed by atoms with Crippen LogP contribution in [0.1, 0.15) is 54.4 Å². The van der Waals surface area contributed by atoms with Crippen LogP contribution in [0, 0.1) is 0 Å². The summed E-state index contributed by atoms with van der Waals surface area (Å²) in [6.45, 7) is 0. The van der Waals surface area contributed by atoms with Gasteiger partial charge in [0.2, 0.25) is 5.89 Å². The van der Waals surface area contributed by atoms with Crippen LogP contribution in [0.15, 0.2) is 28.8 Å². The average molecular weight is 325 g/mol. The minimum absolute atomic E-state index is 0.00519. The number of halogens is 3. The fourth-order valence-corrected chi connectivity index (χ4v) is 3.00. The Hall–Kier alpha value is -1.89. The van der Waals surface area contributed by atoms with Gasteiger partial charge in [-0.25, -0.2) is 0 Å². The van der Waals surface area contributed by atoms with Crippen molar-refractivity contribution in [2.24, 2.45) is 5.73 Å². The third-order valence-electron chi connectivity index (χ3n) is 4.24. The van der Waals surface area contributed by atoms with Gasteiger partial charge in [-0.15, -0.1) is 0 Å². The highest BCUT2D eigenvalue weighted by Gasteiger charge is 2.31. The van der Waals surface area contributed by atoms with Crippen LogP contribution in [0.2, 0.25) is 0 Å². The topological polar surface area (TPSA) is 64.9 Å². The van der Waals surface area contributed by atoms with E-state index in [4.69, 9.17) is 10.3 Å². The summed E-state index contributed by atoms with van der Waals surface area (Å²) in [5.41, 5.74) is 5.91. The molecule has 2 aromatic rings. The number of nitrogens with zero attached hydrogens (tertiary/aromatic N) is 2. The smallest absolute Gasteiger partial charge is 0.339 e. The van der Waals surface area contributed by atoms with Crippen molar-refractivity contribution < 1.29 is 17.7 Å². The summed E-state index contributed by atoms with van der Waals surface area (Å²) in [7, 11) is 0. The summed E-state index contributed by atoms with van der Waals surface area (Å²) in [6.07, 6.45) is -0.141. The van der Waals surface area contributed by atoms with E-state index in [9.17, 15) is 13.2 Å². The molecular formula is C16H18F3N3O. The number of nitrogens with two attached hydrogens (primary N) is 1. The molecule has 1 heterocycles. The summed E-state index contributed by atoms with van der Waals surface area (Å²) < 4.78 is 43.5. The summed E-state index contributed by atoms with van der Waals surface area (Å²) >= 11 is 0. The van der Waals surface area contributed by atoms with E-state index in [1.807, 2.05) is 0 Å². The third-order valence-corrected chi connectivity index (χ3v) is 4.24. The molecule has 0 spiro atoms.